The van der Waals surface area contributed by atoms with Crippen LogP contribution in [0.5, 0.6) is 0 Å². The lowest BCUT2D eigenvalue weighted by atomic mass is 10.3. The Bertz CT molecular complexity index is 399. The molecule has 0 bridgehead atoms. The van der Waals surface area contributed by atoms with Gasteiger partial charge in [0.1, 0.15) is 24.8 Å². The van der Waals surface area contributed by atoms with Gasteiger partial charge in [-0.3, -0.25) is 0 Å². The van der Waals surface area contributed by atoms with Crippen molar-refractivity contribution in [3.05, 3.63) is 37.4 Å². The highest BCUT2D eigenvalue weighted by Crippen LogP contribution is 1.94. The average molecular weight is 220 g/mol. The largest absolute Gasteiger partial charge is 0.243 e. The van der Waals surface area contributed by atoms with Gasteiger partial charge in [0, 0.05) is 0 Å². The highest BCUT2D eigenvalue weighted by molar-refractivity contribution is 4.65. The van der Waals surface area contributed by atoms with Crippen LogP contribution in [-0.4, -0.2) is 9.13 Å². The van der Waals surface area contributed by atoms with E-state index in [1.165, 1.54) is 12.8 Å². The Morgan fingerprint density at radius 2 is 1.94 bits per heavy atom. The third kappa shape index (κ3) is 2.95. The molecule has 2 heterocycles. The molecule has 0 saturated heterocycles. The first kappa shape index (κ1) is 10.9. The number of rotatable bonds is 5. The molecule has 0 amide bonds. The summed E-state index contributed by atoms with van der Waals surface area (Å²) < 4.78 is 8.61. The summed E-state index contributed by atoms with van der Waals surface area (Å²) in [6.45, 7) is 2.21. The van der Waals surface area contributed by atoms with Gasteiger partial charge in [0.05, 0.1) is 27.2 Å². The molecule has 0 aliphatic carbocycles. The van der Waals surface area contributed by atoms with Gasteiger partial charge < -0.3 is 0 Å². The van der Waals surface area contributed by atoms with Gasteiger partial charge >= 0.3 is 0 Å². The van der Waals surface area contributed by atoms with Crippen LogP contribution in [0.1, 0.15) is 12.8 Å². The SMILES string of the molecule is Cn1cc[n+](CCCCn2cc[n+](C)c2)c1. The van der Waals surface area contributed by atoms with E-state index < -0.39 is 0 Å². The number of nitrogens with zero attached hydrogens (tertiary/aromatic N) is 4. The molecule has 0 fully saturated rings. The van der Waals surface area contributed by atoms with Gasteiger partial charge in [0.15, 0.2) is 0 Å². The Labute approximate surface area is 96.4 Å². The topological polar surface area (TPSA) is 17.6 Å². The maximum atomic E-state index is 2.23. The van der Waals surface area contributed by atoms with Crippen molar-refractivity contribution in [2.24, 2.45) is 14.1 Å². The summed E-state index contributed by atoms with van der Waals surface area (Å²) in [5, 5.41) is 0. The fraction of sp³-hybridized carbons (Fsp3) is 0.500. The van der Waals surface area contributed by atoms with Crippen molar-refractivity contribution in [1.82, 2.24) is 9.13 Å². The quantitative estimate of drug-likeness (QED) is 0.513. The lowest BCUT2D eigenvalue weighted by Gasteiger charge is -1.96. The Hall–Kier alpha value is -1.58. The average Bonchev–Trinajstić information content (AvgIpc) is 2.83. The summed E-state index contributed by atoms with van der Waals surface area (Å²) in [5.41, 5.74) is 0. The van der Waals surface area contributed by atoms with Crippen LogP contribution in [0.15, 0.2) is 37.4 Å². The second-order valence-corrected chi connectivity index (χ2v) is 4.34. The molecule has 16 heavy (non-hydrogen) atoms. The van der Waals surface area contributed by atoms with Crippen LogP contribution in [0.4, 0.5) is 0 Å². The molecule has 0 aromatic carbocycles. The van der Waals surface area contributed by atoms with Crippen LogP contribution in [0.2, 0.25) is 0 Å². The van der Waals surface area contributed by atoms with Crippen LogP contribution >= 0.6 is 0 Å². The van der Waals surface area contributed by atoms with E-state index in [1.807, 2.05) is 0 Å². The van der Waals surface area contributed by atoms with Crippen molar-refractivity contribution in [1.29, 1.82) is 0 Å². The zero-order valence-electron chi connectivity index (χ0n) is 10.1. The third-order valence-corrected chi connectivity index (χ3v) is 2.73. The molecule has 0 spiro atoms. The Balaban J connectivity index is 1.69. The number of hydrogen-bond donors (Lipinski definition) is 0. The molecule has 2 rings (SSSR count). The van der Waals surface area contributed by atoms with Crippen LogP contribution < -0.4 is 9.13 Å². The molecule has 0 atom stereocenters. The van der Waals surface area contributed by atoms with Crippen LogP contribution in [0.25, 0.3) is 0 Å². The van der Waals surface area contributed by atoms with Crippen molar-refractivity contribution >= 4 is 0 Å². The first-order chi connectivity index (χ1) is 7.74. The maximum absolute atomic E-state index is 2.23. The summed E-state index contributed by atoms with van der Waals surface area (Å²) in [6.07, 6.45) is 15.1. The summed E-state index contributed by atoms with van der Waals surface area (Å²) in [7, 11) is 4.10. The molecule has 0 unspecified atom stereocenters. The fourth-order valence-corrected chi connectivity index (χ4v) is 1.86. The summed E-state index contributed by atoms with van der Waals surface area (Å²) >= 11 is 0. The Kier molecular flexibility index (Phi) is 3.39. The molecule has 0 saturated carbocycles. The van der Waals surface area contributed by atoms with E-state index in [0.29, 0.717) is 0 Å². The molecule has 0 radical (unpaired) electrons. The van der Waals surface area contributed by atoms with Crippen molar-refractivity contribution in [2.75, 3.05) is 0 Å². The summed E-state index contributed by atoms with van der Waals surface area (Å²) in [5.74, 6) is 0. The monoisotopic (exact) mass is 220 g/mol. The third-order valence-electron chi connectivity index (χ3n) is 2.73. The van der Waals surface area contributed by atoms with E-state index in [2.05, 4.69) is 69.8 Å². The number of aromatic nitrogens is 4. The van der Waals surface area contributed by atoms with Gasteiger partial charge in [-0.25, -0.2) is 18.3 Å². The number of hydrogen-bond acceptors (Lipinski definition) is 0. The van der Waals surface area contributed by atoms with Gasteiger partial charge in [-0.2, -0.15) is 0 Å². The molecule has 86 valence electrons. The van der Waals surface area contributed by atoms with E-state index in [4.69, 9.17) is 0 Å². The lowest BCUT2D eigenvalue weighted by Crippen LogP contribution is -2.30. The van der Waals surface area contributed by atoms with Gasteiger partial charge in [-0.15, -0.1) is 0 Å². The Morgan fingerprint density at radius 3 is 2.56 bits per heavy atom. The van der Waals surface area contributed by atoms with E-state index in [9.17, 15) is 0 Å². The summed E-state index contributed by atoms with van der Waals surface area (Å²) in [4.78, 5) is 0. The van der Waals surface area contributed by atoms with Gasteiger partial charge in [-0.05, 0) is 12.8 Å². The zero-order valence-corrected chi connectivity index (χ0v) is 10.1. The summed E-state index contributed by atoms with van der Waals surface area (Å²) in [6, 6.07) is 0. The molecule has 0 aliphatic heterocycles. The molecule has 4 nitrogen and oxygen atoms in total. The number of unbranched alkanes of at least 4 members (excludes halogenated alkanes) is 1. The minimum absolute atomic E-state index is 1.11. The van der Waals surface area contributed by atoms with E-state index in [1.54, 1.807) is 0 Å². The van der Waals surface area contributed by atoms with Crippen molar-refractivity contribution in [2.45, 2.75) is 25.9 Å². The molecule has 2 aromatic heterocycles. The number of imidazole rings is 2. The maximum Gasteiger partial charge on any atom is 0.243 e. The van der Waals surface area contributed by atoms with Crippen molar-refractivity contribution < 1.29 is 9.13 Å². The zero-order chi connectivity index (χ0) is 11.4. The van der Waals surface area contributed by atoms with Gasteiger partial charge in [0.2, 0.25) is 12.7 Å². The van der Waals surface area contributed by atoms with Crippen molar-refractivity contribution in [3.63, 3.8) is 0 Å². The standard InChI is InChI=1S/C12H20N4/c1-13-7-9-15(11-13)5-3-4-6-16-10-8-14(2)12-16/h7-12H,3-6H2,1-2H3/q+2. The second kappa shape index (κ2) is 4.96. The lowest BCUT2D eigenvalue weighted by molar-refractivity contribution is -0.696. The van der Waals surface area contributed by atoms with Gasteiger partial charge in [-0.1, -0.05) is 0 Å². The van der Waals surface area contributed by atoms with E-state index in [-0.39, 0.29) is 0 Å². The van der Waals surface area contributed by atoms with Crippen molar-refractivity contribution in [3.8, 4) is 0 Å². The molecule has 0 N–H and O–H groups in total. The first-order valence-electron chi connectivity index (χ1n) is 5.76. The fourth-order valence-electron chi connectivity index (χ4n) is 1.86. The van der Waals surface area contributed by atoms with Crippen LogP contribution in [0, 0.1) is 0 Å². The van der Waals surface area contributed by atoms with E-state index >= 15 is 0 Å². The molecule has 0 aliphatic rings. The predicted molar refractivity (Wildman–Crippen MR) is 60.5 cm³/mol. The smallest absolute Gasteiger partial charge is 0.240 e. The second-order valence-electron chi connectivity index (χ2n) is 4.34. The highest BCUT2D eigenvalue weighted by atomic mass is 15.1. The molecular formula is C12H20N4+2. The molecule has 4 heteroatoms. The van der Waals surface area contributed by atoms with Crippen LogP contribution in [-0.2, 0) is 27.2 Å². The normalized spacial score (nSPS) is 10.9. The first-order valence-corrected chi connectivity index (χ1v) is 5.76. The minimum Gasteiger partial charge on any atom is -0.240 e. The minimum atomic E-state index is 1.11. The molecule has 2 aromatic rings. The Morgan fingerprint density at radius 1 is 1.06 bits per heavy atom. The van der Waals surface area contributed by atoms with Crippen LogP contribution in [0.3, 0.4) is 0 Å². The number of aryl methyl sites for hydroxylation is 4. The predicted octanol–water partition coefficient (Wildman–Crippen LogP) is 0.419. The van der Waals surface area contributed by atoms with E-state index in [0.717, 1.165) is 13.1 Å². The molecular weight excluding hydrogens is 200 g/mol. The van der Waals surface area contributed by atoms with Gasteiger partial charge in [0.25, 0.3) is 0 Å². The highest BCUT2D eigenvalue weighted by Gasteiger charge is 2.02.